The predicted molar refractivity (Wildman–Crippen MR) is 96.9 cm³/mol. The number of benzene rings is 2. The van der Waals surface area contributed by atoms with Gasteiger partial charge in [-0.15, -0.1) is 0 Å². The maximum atomic E-state index is 12.7. The van der Waals surface area contributed by atoms with E-state index in [1.165, 1.54) is 22.1 Å². The van der Waals surface area contributed by atoms with Crippen LogP contribution in [0.1, 0.15) is 27.9 Å². The van der Waals surface area contributed by atoms with Crippen LogP contribution in [0.2, 0.25) is 0 Å². The van der Waals surface area contributed by atoms with Crippen molar-refractivity contribution in [3.8, 4) is 11.5 Å². The Morgan fingerprint density at radius 2 is 1.80 bits per heavy atom. The predicted octanol–water partition coefficient (Wildman–Crippen LogP) is 3.04. The highest BCUT2D eigenvalue weighted by molar-refractivity contribution is 6.17. The summed E-state index contributed by atoms with van der Waals surface area (Å²) in [4.78, 5) is 12.7. The summed E-state index contributed by atoms with van der Waals surface area (Å²) in [5.41, 5.74) is 5.99. The molecule has 25 heavy (non-hydrogen) atoms. The van der Waals surface area contributed by atoms with Crippen molar-refractivity contribution < 1.29 is 14.3 Å². The number of methoxy groups -OCH3 is 2. The second kappa shape index (κ2) is 5.23. The molecular weight excluding hydrogens is 316 g/mol. The maximum Gasteiger partial charge on any atom is 0.231 e. The first-order valence-corrected chi connectivity index (χ1v) is 8.70. The van der Waals surface area contributed by atoms with Gasteiger partial charge in [-0.3, -0.25) is 9.36 Å². The molecule has 1 aromatic heterocycles. The standard InChI is InChI=1S/C20H20N2O3/c1-24-16-8-13-15(9-17(16)25-2)22-18(23)4-3-12-7-11-5-6-21-10-14(11)19(13)20(12)22/h7-9,21H,3-6,10H2,1-2H3. The highest BCUT2D eigenvalue weighted by atomic mass is 16.5. The molecule has 0 saturated carbocycles. The van der Waals surface area contributed by atoms with Crippen LogP contribution in [-0.4, -0.2) is 31.2 Å². The SMILES string of the molecule is COc1cc2c3c4c(cc5c3n(c2cc1OC)C(=O)CC5)CCNC4. The van der Waals surface area contributed by atoms with Crippen molar-refractivity contribution in [1.29, 1.82) is 0 Å². The number of nitrogens with zero attached hydrogens (tertiary/aromatic N) is 1. The molecule has 2 aromatic carbocycles. The summed E-state index contributed by atoms with van der Waals surface area (Å²) in [5.74, 6) is 1.51. The van der Waals surface area contributed by atoms with Gasteiger partial charge in [-0.1, -0.05) is 6.07 Å². The van der Waals surface area contributed by atoms with E-state index in [9.17, 15) is 4.79 Å². The van der Waals surface area contributed by atoms with Gasteiger partial charge in [0.2, 0.25) is 5.91 Å². The Hall–Kier alpha value is -2.53. The van der Waals surface area contributed by atoms with Gasteiger partial charge in [-0.05, 0) is 42.1 Å². The fourth-order valence-electron chi connectivity index (χ4n) is 4.41. The van der Waals surface area contributed by atoms with E-state index in [0.29, 0.717) is 17.9 Å². The first-order valence-electron chi connectivity index (χ1n) is 8.70. The van der Waals surface area contributed by atoms with Crippen LogP contribution in [0.3, 0.4) is 0 Å². The minimum atomic E-state index is 0.156. The number of fused-ring (bicyclic) bond motifs is 5. The lowest BCUT2D eigenvalue weighted by Crippen LogP contribution is -2.25. The second-order valence-corrected chi connectivity index (χ2v) is 6.78. The van der Waals surface area contributed by atoms with Crippen molar-refractivity contribution >= 4 is 27.7 Å². The van der Waals surface area contributed by atoms with Crippen molar-refractivity contribution in [3.63, 3.8) is 0 Å². The molecule has 5 heteroatoms. The van der Waals surface area contributed by atoms with E-state index in [0.717, 1.165) is 42.4 Å². The Balaban J connectivity index is 2.01. The number of carbonyl (C=O) groups excluding carboxylic acids is 1. The van der Waals surface area contributed by atoms with Gasteiger partial charge in [0.1, 0.15) is 0 Å². The van der Waals surface area contributed by atoms with E-state index in [4.69, 9.17) is 9.47 Å². The third-order valence-corrected chi connectivity index (χ3v) is 5.55. The Bertz CT molecular complexity index is 1050. The molecule has 2 aliphatic heterocycles. The third-order valence-electron chi connectivity index (χ3n) is 5.55. The lowest BCUT2D eigenvalue weighted by atomic mass is 9.91. The number of carbonyl (C=O) groups is 1. The highest BCUT2D eigenvalue weighted by Crippen LogP contribution is 2.43. The van der Waals surface area contributed by atoms with Crippen LogP contribution in [-0.2, 0) is 19.4 Å². The average molecular weight is 336 g/mol. The molecule has 0 radical (unpaired) electrons. The number of aryl methyl sites for hydroxylation is 1. The number of rotatable bonds is 2. The smallest absolute Gasteiger partial charge is 0.231 e. The minimum absolute atomic E-state index is 0.156. The molecule has 128 valence electrons. The number of hydrogen-bond acceptors (Lipinski definition) is 4. The van der Waals surface area contributed by atoms with Crippen LogP contribution in [0.4, 0.5) is 0 Å². The Morgan fingerprint density at radius 3 is 2.60 bits per heavy atom. The molecule has 5 nitrogen and oxygen atoms in total. The molecule has 2 aliphatic rings. The van der Waals surface area contributed by atoms with Gasteiger partial charge >= 0.3 is 0 Å². The summed E-state index contributed by atoms with van der Waals surface area (Å²) >= 11 is 0. The summed E-state index contributed by atoms with van der Waals surface area (Å²) in [7, 11) is 3.27. The van der Waals surface area contributed by atoms with Gasteiger partial charge in [0.15, 0.2) is 11.5 Å². The quantitative estimate of drug-likeness (QED) is 0.781. The van der Waals surface area contributed by atoms with Crippen LogP contribution in [0.15, 0.2) is 18.2 Å². The third kappa shape index (κ3) is 1.90. The molecule has 0 aliphatic carbocycles. The second-order valence-electron chi connectivity index (χ2n) is 6.78. The fourth-order valence-corrected chi connectivity index (χ4v) is 4.41. The highest BCUT2D eigenvalue weighted by Gasteiger charge is 2.28. The number of ether oxygens (including phenoxy) is 2. The molecule has 0 spiro atoms. The first-order chi connectivity index (χ1) is 12.2. The molecule has 0 amide bonds. The van der Waals surface area contributed by atoms with Crippen LogP contribution in [0, 0.1) is 0 Å². The van der Waals surface area contributed by atoms with Crippen molar-refractivity contribution in [2.45, 2.75) is 25.8 Å². The van der Waals surface area contributed by atoms with E-state index in [1.807, 2.05) is 16.7 Å². The Kier molecular flexibility index (Phi) is 3.09. The average Bonchev–Trinajstić information content (AvgIpc) is 2.99. The molecule has 5 rings (SSSR count). The van der Waals surface area contributed by atoms with E-state index in [-0.39, 0.29) is 5.91 Å². The van der Waals surface area contributed by atoms with Gasteiger partial charge in [0, 0.05) is 29.8 Å². The van der Waals surface area contributed by atoms with Crippen LogP contribution >= 0.6 is 0 Å². The summed E-state index contributed by atoms with van der Waals surface area (Å²) in [6.45, 7) is 1.85. The fraction of sp³-hybridized carbons (Fsp3) is 0.350. The van der Waals surface area contributed by atoms with Gasteiger partial charge < -0.3 is 14.8 Å². The Labute approximate surface area is 145 Å². The zero-order chi connectivity index (χ0) is 17.1. The summed E-state index contributed by atoms with van der Waals surface area (Å²) < 4.78 is 12.9. The van der Waals surface area contributed by atoms with Crippen LogP contribution in [0.5, 0.6) is 11.5 Å². The van der Waals surface area contributed by atoms with Gasteiger partial charge in [0.05, 0.1) is 25.3 Å². The first kappa shape index (κ1) is 14.8. The molecule has 0 bridgehead atoms. The number of hydrogen-bond donors (Lipinski definition) is 1. The van der Waals surface area contributed by atoms with E-state index < -0.39 is 0 Å². The van der Waals surface area contributed by atoms with Crippen molar-refractivity contribution in [1.82, 2.24) is 9.88 Å². The molecule has 0 fully saturated rings. The molecule has 3 heterocycles. The Morgan fingerprint density at radius 1 is 1.00 bits per heavy atom. The lowest BCUT2D eigenvalue weighted by molar-refractivity contribution is 0.0908. The molecule has 3 aromatic rings. The van der Waals surface area contributed by atoms with E-state index in [1.54, 1.807) is 14.2 Å². The molecule has 0 unspecified atom stereocenters. The monoisotopic (exact) mass is 336 g/mol. The molecule has 0 atom stereocenters. The van der Waals surface area contributed by atoms with Gasteiger partial charge in [-0.25, -0.2) is 0 Å². The van der Waals surface area contributed by atoms with Crippen LogP contribution in [0.25, 0.3) is 21.8 Å². The molecule has 0 saturated heterocycles. The van der Waals surface area contributed by atoms with E-state index in [2.05, 4.69) is 11.4 Å². The zero-order valence-corrected chi connectivity index (χ0v) is 14.4. The van der Waals surface area contributed by atoms with Crippen LogP contribution < -0.4 is 14.8 Å². The summed E-state index contributed by atoms with van der Waals surface area (Å²) in [5, 5.41) is 5.75. The molecule has 1 N–H and O–H groups in total. The van der Waals surface area contributed by atoms with Crippen molar-refractivity contribution in [2.75, 3.05) is 20.8 Å². The van der Waals surface area contributed by atoms with Crippen molar-refractivity contribution in [3.05, 3.63) is 34.9 Å². The minimum Gasteiger partial charge on any atom is -0.493 e. The van der Waals surface area contributed by atoms with Gasteiger partial charge in [-0.2, -0.15) is 0 Å². The largest absolute Gasteiger partial charge is 0.493 e. The zero-order valence-electron chi connectivity index (χ0n) is 14.4. The van der Waals surface area contributed by atoms with Crippen molar-refractivity contribution in [2.24, 2.45) is 0 Å². The molecular formula is C20H20N2O3. The summed E-state index contributed by atoms with van der Waals surface area (Å²) in [6.07, 6.45) is 2.41. The lowest BCUT2D eigenvalue weighted by Gasteiger charge is -2.22. The topological polar surface area (TPSA) is 52.5 Å². The number of aromatic nitrogens is 1. The van der Waals surface area contributed by atoms with Gasteiger partial charge in [0.25, 0.3) is 0 Å². The normalized spacial score (nSPS) is 16.3. The maximum absolute atomic E-state index is 12.7. The number of nitrogens with one attached hydrogen (secondary N) is 1. The summed E-state index contributed by atoms with van der Waals surface area (Å²) in [6, 6.07) is 6.27. The van der Waals surface area contributed by atoms with E-state index >= 15 is 0 Å².